The van der Waals surface area contributed by atoms with E-state index >= 15 is 0 Å². The number of anilines is 1. The van der Waals surface area contributed by atoms with Crippen molar-refractivity contribution in [2.75, 3.05) is 5.32 Å². The summed E-state index contributed by atoms with van der Waals surface area (Å²) in [5, 5.41) is 2.97. The molecule has 0 atom stereocenters. The number of carbonyl (C=O) groups excluding carboxylic acids is 1. The van der Waals surface area contributed by atoms with Crippen LogP contribution in [-0.4, -0.2) is 11.4 Å². The van der Waals surface area contributed by atoms with Crippen LogP contribution in [0.25, 0.3) is 0 Å². The number of aryl methyl sites for hydroxylation is 1. The maximum absolute atomic E-state index is 12.2. The van der Waals surface area contributed by atoms with Crippen molar-refractivity contribution in [1.82, 2.24) is 0 Å². The summed E-state index contributed by atoms with van der Waals surface area (Å²) in [6.45, 7) is 2.01. The molecule has 110 valence electrons. The number of hydrogen-bond donors (Lipinski definition) is 2. The van der Waals surface area contributed by atoms with Gasteiger partial charge in [0.25, 0.3) is 0 Å². The van der Waals surface area contributed by atoms with Gasteiger partial charge in [-0.05, 0) is 69.3 Å². The predicted octanol–water partition coefficient (Wildman–Crippen LogP) is 4.51. The smallest absolute Gasteiger partial charge is 0.226 e. The van der Waals surface area contributed by atoms with Crippen LogP contribution in [0.15, 0.2) is 21.1 Å². The van der Waals surface area contributed by atoms with E-state index in [0.29, 0.717) is 6.42 Å². The van der Waals surface area contributed by atoms with Gasteiger partial charge in [-0.1, -0.05) is 19.3 Å². The summed E-state index contributed by atoms with van der Waals surface area (Å²) in [7, 11) is 0. The molecule has 0 saturated heterocycles. The molecule has 1 aliphatic rings. The van der Waals surface area contributed by atoms with Crippen LogP contribution in [0.5, 0.6) is 0 Å². The summed E-state index contributed by atoms with van der Waals surface area (Å²) in [4.78, 5) is 12.2. The molecule has 2 rings (SSSR count). The van der Waals surface area contributed by atoms with E-state index in [1.54, 1.807) is 0 Å². The Morgan fingerprint density at radius 1 is 1.25 bits per heavy atom. The van der Waals surface area contributed by atoms with Gasteiger partial charge in [0.1, 0.15) is 0 Å². The SMILES string of the molecule is Cc1cc(Br)c(NC(=O)CC2(N)CCCCC2)c(Br)c1. The van der Waals surface area contributed by atoms with Gasteiger partial charge in [-0.2, -0.15) is 0 Å². The molecule has 3 nitrogen and oxygen atoms in total. The standard InChI is InChI=1S/C15H20Br2N2O/c1-10-7-11(16)14(12(17)8-10)19-13(20)9-15(18)5-3-2-4-6-15/h7-8H,2-6,9,18H2,1H3,(H,19,20). The Morgan fingerprint density at radius 2 is 1.80 bits per heavy atom. The fourth-order valence-electron chi connectivity index (χ4n) is 2.76. The highest BCUT2D eigenvalue weighted by molar-refractivity contribution is 9.11. The number of nitrogens with one attached hydrogen (secondary N) is 1. The van der Waals surface area contributed by atoms with Gasteiger partial charge in [0.05, 0.1) is 5.69 Å². The van der Waals surface area contributed by atoms with Crippen molar-refractivity contribution in [3.05, 3.63) is 26.6 Å². The second-order valence-corrected chi connectivity index (χ2v) is 7.46. The molecule has 0 unspecified atom stereocenters. The lowest BCUT2D eigenvalue weighted by atomic mass is 9.80. The Hall–Kier alpha value is -0.390. The maximum atomic E-state index is 12.2. The van der Waals surface area contributed by atoms with Gasteiger partial charge in [-0.3, -0.25) is 4.79 Å². The van der Waals surface area contributed by atoms with Crippen molar-refractivity contribution in [3.8, 4) is 0 Å². The second kappa shape index (κ2) is 6.58. The largest absolute Gasteiger partial charge is 0.325 e. The molecule has 1 fully saturated rings. The van der Waals surface area contributed by atoms with Crippen LogP contribution in [-0.2, 0) is 4.79 Å². The van der Waals surface area contributed by atoms with E-state index in [2.05, 4.69) is 37.2 Å². The molecule has 1 aromatic carbocycles. The van der Waals surface area contributed by atoms with Crippen molar-refractivity contribution in [2.45, 2.75) is 51.0 Å². The molecule has 20 heavy (non-hydrogen) atoms. The molecule has 0 aliphatic heterocycles. The molecular formula is C15H20Br2N2O. The molecule has 5 heteroatoms. The highest BCUT2D eigenvalue weighted by Gasteiger charge is 2.30. The summed E-state index contributed by atoms with van der Waals surface area (Å²) in [5.74, 6) is -0.0142. The molecule has 1 saturated carbocycles. The summed E-state index contributed by atoms with van der Waals surface area (Å²) >= 11 is 6.98. The molecule has 0 bridgehead atoms. The van der Waals surface area contributed by atoms with Gasteiger partial charge >= 0.3 is 0 Å². The number of halogens is 2. The predicted molar refractivity (Wildman–Crippen MR) is 89.8 cm³/mol. The second-order valence-electron chi connectivity index (χ2n) is 5.75. The molecule has 0 spiro atoms. The molecule has 1 aliphatic carbocycles. The van der Waals surface area contributed by atoms with Crippen LogP contribution in [0, 0.1) is 6.92 Å². The topological polar surface area (TPSA) is 55.1 Å². The number of benzene rings is 1. The minimum absolute atomic E-state index is 0.0142. The monoisotopic (exact) mass is 402 g/mol. The third-order valence-corrected chi connectivity index (χ3v) is 5.06. The summed E-state index contributed by atoms with van der Waals surface area (Å²) in [6.07, 6.45) is 5.76. The third kappa shape index (κ3) is 4.06. The number of hydrogen-bond acceptors (Lipinski definition) is 2. The minimum atomic E-state index is -0.327. The van der Waals surface area contributed by atoms with Crippen molar-refractivity contribution in [2.24, 2.45) is 5.73 Å². The number of rotatable bonds is 3. The number of nitrogens with two attached hydrogens (primary N) is 1. The van der Waals surface area contributed by atoms with E-state index in [0.717, 1.165) is 45.9 Å². The van der Waals surface area contributed by atoms with Crippen molar-refractivity contribution < 1.29 is 4.79 Å². The third-order valence-electron chi connectivity index (χ3n) is 3.81. The molecule has 1 amide bonds. The summed E-state index contributed by atoms with van der Waals surface area (Å²) < 4.78 is 1.76. The first-order valence-electron chi connectivity index (χ1n) is 6.94. The van der Waals surface area contributed by atoms with Gasteiger partial charge in [-0.15, -0.1) is 0 Å². The molecule has 0 heterocycles. The zero-order valence-electron chi connectivity index (χ0n) is 11.6. The van der Waals surface area contributed by atoms with Gasteiger partial charge in [0.15, 0.2) is 0 Å². The lowest BCUT2D eigenvalue weighted by Gasteiger charge is -2.32. The van der Waals surface area contributed by atoms with E-state index in [-0.39, 0.29) is 11.4 Å². The van der Waals surface area contributed by atoms with Crippen molar-refractivity contribution in [3.63, 3.8) is 0 Å². The number of carbonyl (C=O) groups is 1. The van der Waals surface area contributed by atoms with E-state index < -0.39 is 0 Å². The summed E-state index contributed by atoms with van der Waals surface area (Å²) in [6, 6.07) is 3.97. The Kier molecular flexibility index (Phi) is 5.26. The summed E-state index contributed by atoms with van der Waals surface area (Å²) in [5.41, 5.74) is 7.91. The van der Waals surface area contributed by atoms with Crippen molar-refractivity contribution >= 4 is 43.5 Å². The molecular weight excluding hydrogens is 384 g/mol. The molecule has 0 radical (unpaired) electrons. The molecule has 0 aromatic heterocycles. The van der Waals surface area contributed by atoms with E-state index in [1.807, 2.05) is 19.1 Å². The lowest BCUT2D eigenvalue weighted by molar-refractivity contribution is -0.117. The van der Waals surface area contributed by atoms with Gasteiger partial charge in [-0.25, -0.2) is 0 Å². The van der Waals surface area contributed by atoms with Crippen LogP contribution < -0.4 is 11.1 Å². The minimum Gasteiger partial charge on any atom is -0.325 e. The van der Waals surface area contributed by atoms with Crippen LogP contribution in [0.2, 0.25) is 0 Å². The fourth-order valence-corrected chi connectivity index (χ4v) is 4.37. The van der Waals surface area contributed by atoms with E-state index in [4.69, 9.17) is 5.73 Å². The molecule has 1 aromatic rings. The molecule has 3 N–H and O–H groups in total. The van der Waals surface area contributed by atoms with Crippen LogP contribution in [0.3, 0.4) is 0 Å². The van der Waals surface area contributed by atoms with Gasteiger partial charge < -0.3 is 11.1 Å². The highest BCUT2D eigenvalue weighted by Crippen LogP contribution is 2.34. The number of amides is 1. The van der Waals surface area contributed by atoms with E-state index in [1.165, 1.54) is 6.42 Å². The van der Waals surface area contributed by atoms with Crippen LogP contribution in [0.4, 0.5) is 5.69 Å². The lowest BCUT2D eigenvalue weighted by Crippen LogP contribution is -2.44. The van der Waals surface area contributed by atoms with Gasteiger partial charge in [0, 0.05) is 20.9 Å². The fraction of sp³-hybridized carbons (Fsp3) is 0.533. The highest BCUT2D eigenvalue weighted by atomic mass is 79.9. The Balaban J connectivity index is 2.05. The maximum Gasteiger partial charge on any atom is 0.226 e. The Morgan fingerprint density at radius 3 is 2.35 bits per heavy atom. The quantitative estimate of drug-likeness (QED) is 0.779. The first-order valence-corrected chi connectivity index (χ1v) is 8.53. The Labute approximate surface area is 136 Å². The first kappa shape index (κ1) is 16.0. The first-order chi connectivity index (χ1) is 9.39. The normalized spacial score (nSPS) is 17.8. The van der Waals surface area contributed by atoms with Crippen molar-refractivity contribution in [1.29, 1.82) is 0 Å². The zero-order valence-corrected chi connectivity index (χ0v) is 14.8. The van der Waals surface area contributed by atoms with Gasteiger partial charge in [0.2, 0.25) is 5.91 Å². The zero-order chi connectivity index (χ0) is 14.8. The van der Waals surface area contributed by atoms with E-state index in [9.17, 15) is 4.79 Å². The average molecular weight is 404 g/mol. The Bertz CT molecular complexity index is 488. The average Bonchev–Trinajstić information content (AvgIpc) is 2.34. The van der Waals surface area contributed by atoms with Crippen LogP contribution in [0.1, 0.15) is 44.1 Å². The van der Waals surface area contributed by atoms with Crippen LogP contribution >= 0.6 is 31.9 Å².